The van der Waals surface area contributed by atoms with Gasteiger partial charge in [-0.2, -0.15) is 4.98 Å². The van der Waals surface area contributed by atoms with Crippen LogP contribution in [0.25, 0.3) is 11.0 Å². The summed E-state index contributed by atoms with van der Waals surface area (Å²) in [6, 6.07) is 21.1. The van der Waals surface area contributed by atoms with Gasteiger partial charge in [-0.05, 0) is 122 Å². The maximum atomic E-state index is 15.0. The number of H-pyrrole nitrogens is 1. The number of aromatic amines is 1. The summed E-state index contributed by atoms with van der Waals surface area (Å²) in [4.78, 5) is 48.4. The minimum absolute atomic E-state index is 0.0134. The molecule has 7 heterocycles. The third-order valence-electron chi connectivity index (χ3n) is 17.6. The highest BCUT2D eigenvalue weighted by Gasteiger charge is 2.55. The number of amides is 1. The van der Waals surface area contributed by atoms with Crippen LogP contribution < -0.4 is 29.1 Å². The van der Waals surface area contributed by atoms with Crippen LogP contribution in [0.2, 0.25) is 0 Å². The molecule has 2 aliphatic carbocycles. The van der Waals surface area contributed by atoms with Crippen molar-refractivity contribution in [3.63, 3.8) is 0 Å². The number of aromatic nitrogens is 4. The first-order chi connectivity index (χ1) is 37.9. The van der Waals surface area contributed by atoms with Crippen molar-refractivity contribution in [3.8, 4) is 23.3 Å². The molecular weight excluding hydrogens is 1030 g/mol. The molecule has 0 bridgehead atoms. The molecule has 21 heteroatoms. The molecular formula is C58H69FN10O9S. The molecule has 11 rings (SSSR count). The Morgan fingerprint density at radius 1 is 0.975 bits per heavy atom. The first kappa shape index (κ1) is 54.0. The van der Waals surface area contributed by atoms with Gasteiger partial charge < -0.3 is 34.5 Å². The highest BCUT2D eigenvalue weighted by molar-refractivity contribution is 7.90. The molecule has 6 aromatic rings. The van der Waals surface area contributed by atoms with E-state index in [1.54, 1.807) is 26.2 Å². The Morgan fingerprint density at radius 3 is 2.48 bits per heavy atom. The number of halogens is 1. The Kier molecular flexibility index (Phi) is 14.8. The molecule has 3 saturated heterocycles. The van der Waals surface area contributed by atoms with Crippen molar-refractivity contribution in [2.75, 3.05) is 63.7 Å². The van der Waals surface area contributed by atoms with E-state index in [1.165, 1.54) is 35.9 Å². The van der Waals surface area contributed by atoms with E-state index in [9.17, 15) is 32.8 Å². The SMILES string of the molecule is COc1cc(CN2CC3CN(C4CC5(CCN(c6ccc(C(=O)NS(=O)(=O)c7cnc(NCC8CCC(C)(O)CC8)c([N+](=O)[O-])c7)c(Oc7cc8c(F)c[nH]c8nc7OC)c6)CC5)C4)[C@H](c4ccccc4C(C)C)C3C2)ccn1. The monoisotopic (exact) mass is 1100 g/mol. The number of sulfonamides is 1. The number of likely N-dealkylation sites (tertiary alicyclic amines) is 2. The van der Waals surface area contributed by atoms with Crippen molar-refractivity contribution in [1.82, 2.24) is 34.5 Å². The number of nitrogens with one attached hydrogen (secondary N) is 3. The fourth-order valence-electron chi connectivity index (χ4n) is 13.3. The van der Waals surface area contributed by atoms with Crippen molar-refractivity contribution >= 4 is 44.2 Å². The normalized spacial score (nSPS) is 23.4. The summed E-state index contributed by atoms with van der Waals surface area (Å²) in [6.45, 7) is 12.2. The van der Waals surface area contributed by atoms with E-state index in [4.69, 9.17) is 14.2 Å². The Hall–Kier alpha value is -6.94. The summed E-state index contributed by atoms with van der Waals surface area (Å²) in [5.74, 6) is 0.352. The quantitative estimate of drug-likeness (QED) is 0.0492. The molecule has 2 saturated carbocycles. The number of pyridine rings is 3. The topological polar surface area (TPSA) is 231 Å². The standard InChI is InChI=1S/C58H69FN10O9S/c1-35(2)42-8-6-7-9-43(42)52-46-34-66(31-37-14-19-60-51(22-37)76-4)32-38(46)33-68(52)40-26-58(27-40)17-20-67(21-18-58)39-10-11-44(49(23-39)78-50-25-45-47(59)30-63-53(45)64-56(50)77-5)55(70)65-79(74,75)41-24-48(69(72)73)54(62-29-41)61-28-36-12-15-57(3,71)16-13-36/h6-11,14,19,22-25,29-30,35-36,38,40,46,52,71H,12-13,15-18,20-21,26-28,31-34H2,1-5H3,(H,61,62)(H,63,64)(H,65,70)/t36?,38?,46?,52-,57?/m1/s1. The number of methoxy groups -OCH3 is 2. The predicted molar refractivity (Wildman–Crippen MR) is 296 cm³/mol. The number of aliphatic hydroxyl groups is 1. The number of carbonyl (C=O) groups excluding carboxylic acids is 1. The van der Waals surface area contributed by atoms with Crippen molar-refractivity contribution in [3.05, 3.63) is 124 Å². The van der Waals surface area contributed by atoms with Gasteiger partial charge in [-0.15, -0.1) is 0 Å². The van der Waals surface area contributed by atoms with Crippen LogP contribution in [0.15, 0.2) is 90.2 Å². The summed E-state index contributed by atoms with van der Waals surface area (Å²) in [7, 11) is -1.72. The minimum Gasteiger partial charge on any atom is -0.481 e. The van der Waals surface area contributed by atoms with Gasteiger partial charge in [0.25, 0.3) is 21.8 Å². The van der Waals surface area contributed by atoms with E-state index in [2.05, 4.69) is 88.9 Å². The van der Waals surface area contributed by atoms with Crippen LogP contribution >= 0.6 is 0 Å². The van der Waals surface area contributed by atoms with Crippen LogP contribution in [0.1, 0.15) is 111 Å². The first-order valence-electron chi connectivity index (χ1n) is 27.4. The molecule has 3 aliphatic heterocycles. The number of nitro groups is 1. The second-order valence-corrected chi connectivity index (χ2v) is 24.8. The first-order valence-corrected chi connectivity index (χ1v) is 28.9. The van der Waals surface area contributed by atoms with Gasteiger partial charge in [0.1, 0.15) is 22.1 Å². The van der Waals surface area contributed by atoms with Gasteiger partial charge in [0.15, 0.2) is 5.75 Å². The fourth-order valence-corrected chi connectivity index (χ4v) is 14.2. The lowest BCUT2D eigenvalue weighted by Crippen LogP contribution is -2.55. The lowest BCUT2D eigenvalue weighted by Gasteiger charge is -2.56. The molecule has 4 N–H and O–H groups in total. The number of hydrogen-bond acceptors (Lipinski definition) is 16. The average molecular weight is 1100 g/mol. The molecule has 19 nitrogen and oxygen atoms in total. The zero-order valence-electron chi connectivity index (χ0n) is 45.3. The van der Waals surface area contributed by atoms with Gasteiger partial charge in [-0.25, -0.2) is 27.5 Å². The van der Waals surface area contributed by atoms with E-state index in [1.807, 2.05) is 12.3 Å². The third kappa shape index (κ3) is 11.1. The zero-order chi connectivity index (χ0) is 55.4. The van der Waals surface area contributed by atoms with E-state index >= 15 is 0 Å². The Bertz CT molecular complexity index is 3370. The van der Waals surface area contributed by atoms with E-state index in [0.717, 1.165) is 89.1 Å². The Morgan fingerprint density at radius 2 is 1.75 bits per heavy atom. The zero-order valence-corrected chi connectivity index (χ0v) is 46.1. The van der Waals surface area contributed by atoms with Crippen molar-refractivity contribution < 1.29 is 41.8 Å². The Labute approximate surface area is 459 Å². The lowest BCUT2D eigenvalue weighted by atomic mass is 9.59. The van der Waals surface area contributed by atoms with Crippen LogP contribution in [-0.2, 0) is 16.6 Å². The molecule has 79 heavy (non-hydrogen) atoms. The number of carbonyl (C=O) groups is 1. The van der Waals surface area contributed by atoms with Gasteiger partial charge in [0.2, 0.25) is 11.7 Å². The maximum absolute atomic E-state index is 15.0. The number of fused-ring (bicyclic) bond motifs is 2. The van der Waals surface area contributed by atoms with Crippen LogP contribution in [0.3, 0.4) is 0 Å². The number of piperidine rings is 1. The van der Waals surface area contributed by atoms with Crippen LogP contribution in [-0.4, -0.2) is 119 Å². The molecule has 1 spiro atoms. The summed E-state index contributed by atoms with van der Waals surface area (Å²) in [5.41, 5.74) is 3.68. The molecule has 2 aromatic carbocycles. The maximum Gasteiger partial charge on any atom is 0.312 e. The number of nitrogens with zero attached hydrogens (tertiary/aromatic N) is 7. The van der Waals surface area contributed by atoms with Crippen LogP contribution in [0.4, 0.5) is 21.6 Å². The summed E-state index contributed by atoms with van der Waals surface area (Å²) in [6.07, 6.45) is 10.7. The molecule has 5 fully saturated rings. The molecule has 1 amide bonds. The fraction of sp³-hybridized carbons (Fsp3) is 0.483. The largest absolute Gasteiger partial charge is 0.481 e. The Balaban J connectivity index is 0.803. The van der Waals surface area contributed by atoms with Gasteiger partial charge in [0, 0.05) is 100 Å². The summed E-state index contributed by atoms with van der Waals surface area (Å²) < 4.78 is 62.2. The number of anilines is 2. The summed E-state index contributed by atoms with van der Waals surface area (Å²) in [5, 5.41) is 25.7. The van der Waals surface area contributed by atoms with Gasteiger partial charge in [0.05, 0.1) is 41.9 Å². The van der Waals surface area contributed by atoms with Crippen LogP contribution in [0, 0.1) is 39.1 Å². The second-order valence-electron chi connectivity index (χ2n) is 23.2. The summed E-state index contributed by atoms with van der Waals surface area (Å²) >= 11 is 0. The number of ether oxygens (including phenoxy) is 3. The molecule has 3 atom stereocenters. The smallest absolute Gasteiger partial charge is 0.312 e. The number of rotatable bonds is 17. The van der Waals surface area contributed by atoms with Gasteiger partial charge >= 0.3 is 5.69 Å². The minimum atomic E-state index is -4.75. The highest BCUT2D eigenvalue weighted by Crippen LogP contribution is 2.57. The van der Waals surface area contributed by atoms with Gasteiger partial charge in [-0.3, -0.25) is 24.7 Å². The van der Waals surface area contributed by atoms with E-state index in [0.29, 0.717) is 67.9 Å². The number of benzene rings is 2. The van der Waals surface area contributed by atoms with E-state index in [-0.39, 0.29) is 51.1 Å². The van der Waals surface area contributed by atoms with Crippen molar-refractivity contribution in [1.29, 1.82) is 0 Å². The molecule has 4 aromatic heterocycles. The predicted octanol–water partition coefficient (Wildman–Crippen LogP) is 9.36. The van der Waals surface area contributed by atoms with Crippen molar-refractivity contribution in [2.24, 2.45) is 23.2 Å². The number of hydrogen-bond donors (Lipinski definition) is 4. The van der Waals surface area contributed by atoms with Crippen LogP contribution in [0.5, 0.6) is 23.3 Å². The molecule has 0 radical (unpaired) electrons. The van der Waals surface area contributed by atoms with E-state index < -0.39 is 42.9 Å². The lowest BCUT2D eigenvalue weighted by molar-refractivity contribution is -0.384. The molecule has 2 unspecified atom stereocenters. The highest BCUT2D eigenvalue weighted by atomic mass is 32.2. The van der Waals surface area contributed by atoms with Gasteiger partial charge in [-0.1, -0.05) is 38.1 Å². The second kappa shape index (κ2) is 21.6. The average Bonchev–Trinajstić information content (AvgIpc) is 4.32. The third-order valence-corrected chi connectivity index (χ3v) is 18.9. The molecule has 418 valence electrons. The molecule has 5 aliphatic rings. The van der Waals surface area contributed by atoms with Crippen molar-refractivity contribution in [2.45, 2.75) is 107 Å².